The molecule has 2 N–H and O–H groups in total. The lowest BCUT2D eigenvalue weighted by atomic mass is 10.2. The first kappa shape index (κ1) is 13.8. The first-order chi connectivity index (χ1) is 8.11. The second-order valence-electron chi connectivity index (χ2n) is 4.71. The zero-order valence-corrected chi connectivity index (χ0v) is 11.1. The molecule has 0 heterocycles. The summed E-state index contributed by atoms with van der Waals surface area (Å²) in [6, 6.07) is 7.58. The van der Waals surface area contributed by atoms with E-state index in [0.717, 1.165) is 31.1 Å². The van der Waals surface area contributed by atoms with Crippen LogP contribution >= 0.6 is 0 Å². The number of ether oxygens (including phenoxy) is 1. The lowest BCUT2D eigenvalue weighted by molar-refractivity contribution is 0.200. The van der Waals surface area contributed by atoms with E-state index in [-0.39, 0.29) is 0 Å². The molecular formula is C14H24N2O. The minimum absolute atomic E-state index is 0.697. The van der Waals surface area contributed by atoms with Crippen molar-refractivity contribution >= 4 is 5.69 Å². The van der Waals surface area contributed by atoms with Crippen LogP contribution in [-0.2, 0) is 0 Å². The number of nitrogens with zero attached hydrogens (tertiary/aromatic N) is 1. The van der Waals surface area contributed by atoms with Crippen molar-refractivity contribution in [2.75, 3.05) is 32.0 Å². The summed E-state index contributed by atoms with van der Waals surface area (Å²) in [6.45, 7) is 10.5. The summed E-state index contributed by atoms with van der Waals surface area (Å²) in [5.74, 6) is 1.55. The van der Waals surface area contributed by atoms with E-state index >= 15 is 0 Å². The van der Waals surface area contributed by atoms with Crippen LogP contribution in [0.5, 0.6) is 5.75 Å². The molecule has 0 fully saturated rings. The van der Waals surface area contributed by atoms with Crippen molar-refractivity contribution in [2.45, 2.75) is 20.8 Å². The van der Waals surface area contributed by atoms with Gasteiger partial charge in [0.25, 0.3) is 0 Å². The van der Waals surface area contributed by atoms with Gasteiger partial charge in [0.05, 0.1) is 0 Å². The third-order valence-electron chi connectivity index (χ3n) is 2.60. The topological polar surface area (TPSA) is 38.5 Å². The first-order valence-corrected chi connectivity index (χ1v) is 6.32. The van der Waals surface area contributed by atoms with Crippen LogP contribution in [0.1, 0.15) is 20.8 Å². The SMILES string of the molecule is CCN(CCOc1cccc(N)c1)CC(C)C. The van der Waals surface area contributed by atoms with Gasteiger partial charge in [-0.15, -0.1) is 0 Å². The van der Waals surface area contributed by atoms with Crippen molar-refractivity contribution in [3.63, 3.8) is 0 Å². The zero-order chi connectivity index (χ0) is 12.7. The van der Waals surface area contributed by atoms with Gasteiger partial charge in [-0.05, 0) is 24.6 Å². The summed E-state index contributed by atoms with van der Waals surface area (Å²) in [7, 11) is 0. The summed E-state index contributed by atoms with van der Waals surface area (Å²) in [6.07, 6.45) is 0. The second-order valence-corrected chi connectivity index (χ2v) is 4.71. The Kier molecular flexibility index (Phi) is 5.84. The highest BCUT2D eigenvalue weighted by molar-refractivity contribution is 5.43. The number of likely N-dealkylation sites (N-methyl/N-ethyl adjacent to an activating group) is 1. The van der Waals surface area contributed by atoms with E-state index in [1.165, 1.54) is 0 Å². The highest BCUT2D eigenvalue weighted by Gasteiger charge is 2.04. The third-order valence-corrected chi connectivity index (χ3v) is 2.60. The van der Waals surface area contributed by atoms with Crippen LogP contribution in [-0.4, -0.2) is 31.1 Å². The molecule has 0 spiro atoms. The van der Waals surface area contributed by atoms with Crippen LogP contribution in [0.15, 0.2) is 24.3 Å². The molecule has 96 valence electrons. The Morgan fingerprint density at radius 2 is 2.12 bits per heavy atom. The number of nitrogen functional groups attached to an aromatic ring is 1. The van der Waals surface area contributed by atoms with Crippen LogP contribution in [0, 0.1) is 5.92 Å². The Labute approximate surface area is 105 Å². The summed E-state index contributed by atoms with van der Waals surface area (Å²) >= 11 is 0. The van der Waals surface area contributed by atoms with Gasteiger partial charge in [0.15, 0.2) is 0 Å². The zero-order valence-electron chi connectivity index (χ0n) is 11.1. The molecule has 3 nitrogen and oxygen atoms in total. The average molecular weight is 236 g/mol. The maximum absolute atomic E-state index is 5.69. The van der Waals surface area contributed by atoms with E-state index in [9.17, 15) is 0 Å². The fourth-order valence-electron chi connectivity index (χ4n) is 1.79. The number of hydrogen-bond donors (Lipinski definition) is 1. The predicted molar refractivity (Wildman–Crippen MR) is 73.3 cm³/mol. The molecule has 1 aromatic rings. The van der Waals surface area contributed by atoms with Crippen molar-refractivity contribution in [3.8, 4) is 5.75 Å². The summed E-state index contributed by atoms with van der Waals surface area (Å²) in [4.78, 5) is 2.40. The molecule has 0 saturated carbocycles. The molecular weight excluding hydrogens is 212 g/mol. The number of anilines is 1. The Balaban J connectivity index is 2.31. The van der Waals surface area contributed by atoms with Crippen molar-refractivity contribution in [3.05, 3.63) is 24.3 Å². The molecule has 0 saturated heterocycles. The van der Waals surface area contributed by atoms with Crippen molar-refractivity contribution < 1.29 is 4.74 Å². The lowest BCUT2D eigenvalue weighted by Crippen LogP contribution is -2.31. The molecule has 1 rings (SSSR count). The Bertz CT molecular complexity index is 326. The van der Waals surface area contributed by atoms with Gasteiger partial charge in [-0.3, -0.25) is 4.90 Å². The van der Waals surface area contributed by atoms with Gasteiger partial charge in [0, 0.05) is 24.8 Å². The van der Waals surface area contributed by atoms with Gasteiger partial charge in [-0.1, -0.05) is 26.8 Å². The number of hydrogen-bond acceptors (Lipinski definition) is 3. The van der Waals surface area contributed by atoms with E-state index in [1.54, 1.807) is 0 Å². The van der Waals surface area contributed by atoms with Gasteiger partial charge in [0.1, 0.15) is 12.4 Å². The van der Waals surface area contributed by atoms with Gasteiger partial charge < -0.3 is 10.5 Å². The third kappa shape index (κ3) is 5.59. The molecule has 0 aromatic heterocycles. The summed E-state index contributed by atoms with van der Waals surface area (Å²) in [5, 5.41) is 0. The predicted octanol–water partition coefficient (Wildman–Crippen LogP) is 2.63. The monoisotopic (exact) mass is 236 g/mol. The Morgan fingerprint density at radius 3 is 2.71 bits per heavy atom. The van der Waals surface area contributed by atoms with Crippen molar-refractivity contribution in [1.29, 1.82) is 0 Å². The molecule has 0 aliphatic rings. The molecule has 3 heteroatoms. The lowest BCUT2D eigenvalue weighted by Gasteiger charge is -2.22. The fraction of sp³-hybridized carbons (Fsp3) is 0.571. The summed E-state index contributed by atoms with van der Waals surface area (Å²) in [5.41, 5.74) is 6.44. The van der Waals surface area contributed by atoms with E-state index < -0.39 is 0 Å². The highest BCUT2D eigenvalue weighted by atomic mass is 16.5. The van der Waals surface area contributed by atoms with E-state index in [0.29, 0.717) is 12.5 Å². The van der Waals surface area contributed by atoms with E-state index in [4.69, 9.17) is 10.5 Å². The maximum Gasteiger partial charge on any atom is 0.121 e. The van der Waals surface area contributed by atoms with Crippen LogP contribution < -0.4 is 10.5 Å². The van der Waals surface area contributed by atoms with Gasteiger partial charge >= 0.3 is 0 Å². The average Bonchev–Trinajstić information content (AvgIpc) is 2.27. The van der Waals surface area contributed by atoms with Crippen LogP contribution in [0.4, 0.5) is 5.69 Å². The molecule has 0 radical (unpaired) electrons. The summed E-state index contributed by atoms with van der Waals surface area (Å²) < 4.78 is 5.68. The first-order valence-electron chi connectivity index (χ1n) is 6.32. The Morgan fingerprint density at radius 1 is 1.35 bits per heavy atom. The highest BCUT2D eigenvalue weighted by Crippen LogP contribution is 2.14. The number of nitrogens with two attached hydrogens (primary N) is 1. The molecule has 0 unspecified atom stereocenters. The minimum atomic E-state index is 0.697. The van der Waals surface area contributed by atoms with E-state index in [1.807, 2.05) is 24.3 Å². The van der Waals surface area contributed by atoms with Gasteiger partial charge in [-0.25, -0.2) is 0 Å². The van der Waals surface area contributed by atoms with Crippen LogP contribution in [0.3, 0.4) is 0 Å². The maximum atomic E-state index is 5.69. The normalized spacial score (nSPS) is 11.1. The van der Waals surface area contributed by atoms with E-state index in [2.05, 4.69) is 25.7 Å². The minimum Gasteiger partial charge on any atom is -0.492 e. The van der Waals surface area contributed by atoms with Crippen LogP contribution in [0.2, 0.25) is 0 Å². The molecule has 0 amide bonds. The quantitative estimate of drug-likeness (QED) is 0.740. The van der Waals surface area contributed by atoms with Gasteiger partial charge in [-0.2, -0.15) is 0 Å². The fourth-order valence-corrected chi connectivity index (χ4v) is 1.79. The largest absolute Gasteiger partial charge is 0.492 e. The smallest absolute Gasteiger partial charge is 0.121 e. The second kappa shape index (κ2) is 7.17. The van der Waals surface area contributed by atoms with Crippen molar-refractivity contribution in [1.82, 2.24) is 4.90 Å². The number of rotatable bonds is 7. The molecule has 0 aliphatic heterocycles. The molecule has 17 heavy (non-hydrogen) atoms. The molecule has 0 bridgehead atoms. The Hall–Kier alpha value is -1.22. The van der Waals surface area contributed by atoms with Crippen molar-refractivity contribution in [2.24, 2.45) is 5.92 Å². The standard InChI is InChI=1S/C14H24N2O/c1-4-16(11-12(2)3)8-9-17-14-7-5-6-13(15)10-14/h5-7,10,12H,4,8-9,11,15H2,1-3H3. The van der Waals surface area contributed by atoms with Gasteiger partial charge in [0.2, 0.25) is 0 Å². The molecule has 0 aliphatic carbocycles. The van der Waals surface area contributed by atoms with Crippen LogP contribution in [0.25, 0.3) is 0 Å². The number of benzene rings is 1. The molecule has 0 atom stereocenters. The molecule has 1 aromatic carbocycles.